The minimum Gasteiger partial charge on any atom is -0.265 e. The number of benzene rings is 6. The van der Waals surface area contributed by atoms with E-state index >= 15 is 0 Å². The number of nitrogens with zero attached hydrogens (tertiary/aromatic N) is 2. The second-order valence-corrected chi connectivity index (χ2v) is 12.9. The van der Waals surface area contributed by atoms with Crippen LogP contribution in [0.4, 0.5) is 0 Å². The van der Waals surface area contributed by atoms with Crippen LogP contribution in [0.5, 0.6) is 0 Å². The molecule has 47 heavy (non-hydrogen) atoms. The number of aromatic nitrogens is 2. The average Bonchev–Trinajstić information content (AvgIpc) is 3.74. The third-order valence-electron chi connectivity index (χ3n) is 10.8. The molecule has 2 heterocycles. The highest BCUT2D eigenvalue weighted by atomic mass is 14.6. The number of pyridine rings is 2. The fourth-order valence-electron chi connectivity index (χ4n) is 9.08. The van der Waals surface area contributed by atoms with Crippen LogP contribution in [0.3, 0.4) is 0 Å². The number of hydrogen-bond donors (Lipinski definition) is 0. The zero-order valence-corrected chi connectivity index (χ0v) is 25.4. The van der Waals surface area contributed by atoms with Gasteiger partial charge in [-0.3, -0.25) is 9.97 Å². The Labute approximate surface area is 272 Å². The predicted molar refractivity (Wildman–Crippen MR) is 191 cm³/mol. The van der Waals surface area contributed by atoms with Crippen LogP contribution in [-0.4, -0.2) is 9.97 Å². The van der Waals surface area contributed by atoms with Crippen LogP contribution >= 0.6 is 0 Å². The van der Waals surface area contributed by atoms with Gasteiger partial charge in [0.05, 0.1) is 5.41 Å². The Hall–Kier alpha value is -6.12. The summed E-state index contributed by atoms with van der Waals surface area (Å²) in [7, 11) is 0. The molecule has 0 fully saturated rings. The molecule has 3 aliphatic carbocycles. The van der Waals surface area contributed by atoms with E-state index in [2.05, 4.69) is 145 Å². The average molecular weight is 595 g/mol. The van der Waals surface area contributed by atoms with Gasteiger partial charge in [-0.25, -0.2) is 0 Å². The smallest absolute Gasteiger partial charge is 0.0725 e. The second-order valence-electron chi connectivity index (χ2n) is 12.9. The molecule has 216 valence electrons. The van der Waals surface area contributed by atoms with Crippen LogP contribution in [0.2, 0.25) is 0 Å². The summed E-state index contributed by atoms with van der Waals surface area (Å²) in [5, 5.41) is 2.61. The van der Waals surface area contributed by atoms with E-state index in [1.807, 2.05) is 18.6 Å². The first-order valence-electron chi connectivity index (χ1n) is 16.2. The Bertz CT molecular complexity index is 2580. The van der Waals surface area contributed by atoms with Crippen LogP contribution < -0.4 is 0 Å². The molecule has 11 rings (SSSR count). The van der Waals surface area contributed by atoms with Gasteiger partial charge in [0, 0.05) is 35.9 Å². The van der Waals surface area contributed by atoms with Gasteiger partial charge < -0.3 is 0 Å². The summed E-state index contributed by atoms with van der Waals surface area (Å²) in [6.07, 6.45) is 7.74. The van der Waals surface area contributed by atoms with Crippen LogP contribution in [-0.2, 0) is 5.41 Å². The molecular weight excluding hydrogens is 569 g/mol. The Morgan fingerprint density at radius 3 is 1.68 bits per heavy atom. The van der Waals surface area contributed by atoms with Crippen LogP contribution in [0.15, 0.2) is 158 Å². The number of fused-ring (bicyclic) bond motifs is 13. The van der Waals surface area contributed by atoms with Gasteiger partial charge >= 0.3 is 0 Å². The lowest BCUT2D eigenvalue weighted by molar-refractivity contribution is 0.794. The predicted octanol–water partition coefficient (Wildman–Crippen LogP) is 11.0. The summed E-state index contributed by atoms with van der Waals surface area (Å²) in [6.45, 7) is 0. The molecular formula is C45H26N2. The molecule has 1 spiro atoms. The maximum Gasteiger partial charge on any atom is 0.0725 e. The molecule has 0 unspecified atom stereocenters. The Kier molecular flexibility index (Phi) is 4.80. The molecule has 6 aromatic carbocycles. The lowest BCUT2D eigenvalue weighted by atomic mass is 9.69. The summed E-state index contributed by atoms with van der Waals surface area (Å²) >= 11 is 0. The molecule has 2 heteroatoms. The molecule has 0 saturated heterocycles. The van der Waals surface area contributed by atoms with Crippen LogP contribution in [0, 0.1) is 0 Å². The van der Waals surface area contributed by atoms with E-state index in [0.717, 1.165) is 16.7 Å². The van der Waals surface area contributed by atoms with Crippen molar-refractivity contribution in [1.82, 2.24) is 9.97 Å². The largest absolute Gasteiger partial charge is 0.265 e. The first-order valence-corrected chi connectivity index (χ1v) is 16.2. The molecule has 0 bridgehead atoms. The van der Waals surface area contributed by atoms with Crippen LogP contribution in [0.1, 0.15) is 22.3 Å². The maximum absolute atomic E-state index is 4.88. The molecule has 0 radical (unpaired) electrons. The lowest BCUT2D eigenvalue weighted by Crippen LogP contribution is -2.26. The molecule has 2 aromatic heterocycles. The monoisotopic (exact) mass is 594 g/mol. The van der Waals surface area contributed by atoms with Crippen molar-refractivity contribution in [2.75, 3.05) is 0 Å². The molecule has 2 nitrogen and oxygen atoms in total. The Balaban J connectivity index is 1.35. The highest BCUT2D eigenvalue weighted by molar-refractivity contribution is 6.21. The SMILES string of the molecule is c1ccc2c(c1)-c1ccccc1C21c2ccccc2-c2c1cc1c(c2-c2cncc(-c3ccncc3)c2)-c2cccc3cccc-1c23. The topological polar surface area (TPSA) is 25.8 Å². The first kappa shape index (κ1) is 25.1. The molecule has 0 amide bonds. The molecule has 0 atom stereocenters. The van der Waals surface area contributed by atoms with Crippen molar-refractivity contribution in [3.05, 3.63) is 181 Å². The normalized spacial score (nSPS) is 13.7. The van der Waals surface area contributed by atoms with Gasteiger partial charge in [0.15, 0.2) is 0 Å². The molecule has 3 aliphatic rings. The van der Waals surface area contributed by atoms with Crippen molar-refractivity contribution in [3.8, 4) is 66.8 Å². The third-order valence-corrected chi connectivity index (χ3v) is 10.8. The van der Waals surface area contributed by atoms with Crippen molar-refractivity contribution < 1.29 is 0 Å². The summed E-state index contributed by atoms with van der Waals surface area (Å²) < 4.78 is 0. The van der Waals surface area contributed by atoms with Gasteiger partial charge in [-0.05, 0) is 113 Å². The minimum atomic E-state index is -0.429. The van der Waals surface area contributed by atoms with Gasteiger partial charge in [0.25, 0.3) is 0 Å². The maximum atomic E-state index is 4.88. The highest BCUT2D eigenvalue weighted by Crippen LogP contribution is 2.67. The molecule has 0 aliphatic heterocycles. The Morgan fingerprint density at radius 2 is 0.957 bits per heavy atom. The van der Waals surface area contributed by atoms with E-state index in [1.54, 1.807) is 0 Å². The van der Waals surface area contributed by atoms with E-state index in [9.17, 15) is 0 Å². The van der Waals surface area contributed by atoms with E-state index in [4.69, 9.17) is 4.98 Å². The highest BCUT2D eigenvalue weighted by Gasteiger charge is 2.53. The first-order chi connectivity index (χ1) is 23.3. The molecule has 0 saturated carbocycles. The third kappa shape index (κ3) is 3.05. The second kappa shape index (κ2) is 8.99. The number of rotatable bonds is 2. The van der Waals surface area contributed by atoms with Crippen molar-refractivity contribution in [1.29, 1.82) is 0 Å². The fourth-order valence-corrected chi connectivity index (χ4v) is 9.08. The van der Waals surface area contributed by atoms with E-state index in [1.165, 1.54) is 83.1 Å². The summed E-state index contributed by atoms with van der Waals surface area (Å²) in [5.41, 5.74) is 20.0. The van der Waals surface area contributed by atoms with Gasteiger partial charge in [-0.2, -0.15) is 0 Å². The van der Waals surface area contributed by atoms with Crippen molar-refractivity contribution >= 4 is 10.8 Å². The summed E-state index contributed by atoms with van der Waals surface area (Å²) in [4.78, 5) is 9.16. The fraction of sp³-hybridized carbons (Fsp3) is 0.0222. The quantitative estimate of drug-likeness (QED) is 0.199. The van der Waals surface area contributed by atoms with Gasteiger partial charge in [0.2, 0.25) is 0 Å². The van der Waals surface area contributed by atoms with Crippen molar-refractivity contribution in [2.45, 2.75) is 5.41 Å². The Morgan fingerprint density at radius 1 is 0.362 bits per heavy atom. The van der Waals surface area contributed by atoms with Crippen molar-refractivity contribution in [2.24, 2.45) is 0 Å². The standard InChI is InChI=1S/C45H26N2/c1-4-16-37-31(11-1)32-12-2-5-17-38(32)45(37)39-18-6-3-13-34(39)44-40(45)24-36-33-14-7-9-28-10-8-15-35(41(28)33)43(36)42(44)30-23-29(25-47-26-30)27-19-21-46-22-20-27/h1-26H. The van der Waals surface area contributed by atoms with E-state index in [-0.39, 0.29) is 0 Å². The van der Waals surface area contributed by atoms with Gasteiger partial charge in [-0.1, -0.05) is 109 Å². The molecule has 8 aromatic rings. The molecule has 0 N–H and O–H groups in total. The zero-order chi connectivity index (χ0) is 30.7. The van der Waals surface area contributed by atoms with Gasteiger partial charge in [0.1, 0.15) is 0 Å². The van der Waals surface area contributed by atoms with Crippen LogP contribution in [0.25, 0.3) is 77.5 Å². The summed E-state index contributed by atoms with van der Waals surface area (Å²) in [6, 6.07) is 49.7. The summed E-state index contributed by atoms with van der Waals surface area (Å²) in [5.74, 6) is 0. The lowest BCUT2D eigenvalue weighted by Gasteiger charge is -2.31. The van der Waals surface area contributed by atoms with E-state index in [0.29, 0.717) is 0 Å². The minimum absolute atomic E-state index is 0.429. The number of hydrogen-bond acceptors (Lipinski definition) is 2. The van der Waals surface area contributed by atoms with E-state index < -0.39 is 5.41 Å². The zero-order valence-electron chi connectivity index (χ0n) is 25.4. The van der Waals surface area contributed by atoms with Crippen molar-refractivity contribution in [3.63, 3.8) is 0 Å². The van der Waals surface area contributed by atoms with Gasteiger partial charge in [-0.15, -0.1) is 0 Å².